The zero-order chi connectivity index (χ0) is 20.6. The van der Waals surface area contributed by atoms with Gasteiger partial charge in [-0.2, -0.15) is 0 Å². The van der Waals surface area contributed by atoms with Crippen LogP contribution in [0.1, 0.15) is 25.3 Å². The van der Waals surface area contributed by atoms with Crippen molar-refractivity contribution in [3.8, 4) is 0 Å². The molecule has 0 radical (unpaired) electrons. The average molecular weight is 423 g/mol. The predicted molar refractivity (Wildman–Crippen MR) is 113 cm³/mol. The van der Waals surface area contributed by atoms with Gasteiger partial charge in [0.25, 0.3) is 0 Å². The lowest BCUT2D eigenvalue weighted by Crippen LogP contribution is -2.52. The van der Waals surface area contributed by atoms with E-state index in [0.29, 0.717) is 26.2 Å². The summed E-state index contributed by atoms with van der Waals surface area (Å²) in [7, 11) is 0. The third-order valence-corrected chi connectivity index (χ3v) is 5.75. The molecule has 1 aromatic carbocycles. The fourth-order valence-corrected chi connectivity index (χ4v) is 4.11. The Hall–Kier alpha value is -1.83. The van der Waals surface area contributed by atoms with Crippen molar-refractivity contribution in [2.24, 2.45) is 0 Å². The molecule has 3 rings (SSSR count). The van der Waals surface area contributed by atoms with Gasteiger partial charge in [0.1, 0.15) is 0 Å². The van der Waals surface area contributed by atoms with Crippen LogP contribution in [0.5, 0.6) is 0 Å². The first-order valence-corrected chi connectivity index (χ1v) is 10.8. The second-order valence-corrected chi connectivity index (χ2v) is 8.15. The lowest BCUT2D eigenvalue weighted by molar-refractivity contribution is -0.123. The Labute approximate surface area is 177 Å². The van der Waals surface area contributed by atoms with E-state index < -0.39 is 0 Å². The van der Waals surface area contributed by atoms with E-state index in [0.717, 1.165) is 50.6 Å². The molecule has 2 aliphatic heterocycles. The smallest absolute Gasteiger partial charge is 0.409 e. The van der Waals surface area contributed by atoms with Crippen molar-refractivity contribution in [3.05, 3.63) is 34.9 Å². The highest BCUT2D eigenvalue weighted by molar-refractivity contribution is 6.30. The molecule has 0 unspecified atom stereocenters. The van der Waals surface area contributed by atoms with Gasteiger partial charge in [0, 0.05) is 56.9 Å². The SMILES string of the molecule is CCOC(=O)N1CCC(NC(=O)CN2CCN(Cc3cccc(Cl)c3)CC2)CC1. The number of piperazine rings is 1. The van der Waals surface area contributed by atoms with Gasteiger partial charge in [-0.25, -0.2) is 4.79 Å². The van der Waals surface area contributed by atoms with Gasteiger partial charge in [0.2, 0.25) is 5.91 Å². The highest BCUT2D eigenvalue weighted by Gasteiger charge is 2.25. The van der Waals surface area contributed by atoms with Crippen molar-refractivity contribution in [1.29, 1.82) is 0 Å². The fraction of sp³-hybridized carbons (Fsp3) is 0.619. The maximum Gasteiger partial charge on any atom is 0.409 e. The highest BCUT2D eigenvalue weighted by atomic mass is 35.5. The van der Waals surface area contributed by atoms with Gasteiger partial charge in [-0.3, -0.25) is 14.6 Å². The molecule has 0 atom stereocenters. The normalized spacial score (nSPS) is 19.2. The van der Waals surface area contributed by atoms with E-state index >= 15 is 0 Å². The van der Waals surface area contributed by atoms with Crippen LogP contribution in [0.2, 0.25) is 5.02 Å². The minimum absolute atomic E-state index is 0.0721. The Morgan fingerprint density at radius 2 is 1.79 bits per heavy atom. The number of piperidine rings is 1. The number of hydrogen-bond acceptors (Lipinski definition) is 5. The average Bonchev–Trinajstić information content (AvgIpc) is 2.70. The molecule has 0 spiro atoms. The number of nitrogens with one attached hydrogen (secondary N) is 1. The molecule has 160 valence electrons. The van der Waals surface area contributed by atoms with E-state index in [1.165, 1.54) is 5.56 Å². The third kappa shape index (κ3) is 6.87. The maximum absolute atomic E-state index is 12.4. The van der Waals surface area contributed by atoms with Crippen molar-refractivity contribution in [1.82, 2.24) is 20.0 Å². The highest BCUT2D eigenvalue weighted by Crippen LogP contribution is 2.14. The molecule has 2 aliphatic rings. The quantitative estimate of drug-likeness (QED) is 0.761. The van der Waals surface area contributed by atoms with Crippen LogP contribution >= 0.6 is 11.6 Å². The van der Waals surface area contributed by atoms with Crippen molar-refractivity contribution >= 4 is 23.6 Å². The van der Waals surface area contributed by atoms with Gasteiger partial charge in [-0.1, -0.05) is 23.7 Å². The van der Waals surface area contributed by atoms with Crippen molar-refractivity contribution in [2.45, 2.75) is 32.4 Å². The number of amides is 2. The first-order chi connectivity index (χ1) is 14.0. The lowest BCUT2D eigenvalue weighted by Gasteiger charge is -2.35. The number of rotatable bonds is 6. The van der Waals surface area contributed by atoms with Gasteiger partial charge < -0.3 is 15.0 Å². The molecule has 2 heterocycles. The second kappa shape index (κ2) is 10.8. The molecule has 0 bridgehead atoms. The van der Waals surface area contributed by atoms with E-state index in [2.05, 4.69) is 21.2 Å². The zero-order valence-corrected chi connectivity index (χ0v) is 17.9. The van der Waals surface area contributed by atoms with Crippen LogP contribution in [-0.2, 0) is 16.1 Å². The van der Waals surface area contributed by atoms with Gasteiger partial charge in [0.15, 0.2) is 0 Å². The Morgan fingerprint density at radius 1 is 1.10 bits per heavy atom. The van der Waals surface area contributed by atoms with Gasteiger partial charge in [0.05, 0.1) is 13.2 Å². The Kier molecular flexibility index (Phi) is 8.15. The number of benzene rings is 1. The van der Waals surface area contributed by atoms with E-state index in [9.17, 15) is 9.59 Å². The first kappa shape index (κ1) is 21.9. The molecule has 1 aromatic rings. The van der Waals surface area contributed by atoms with Crippen LogP contribution in [0, 0.1) is 0 Å². The molecule has 0 aliphatic carbocycles. The third-order valence-electron chi connectivity index (χ3n) is 5.51. The fourth-order valence-electron chi connectivity index (χ4n) is 3.90. The largest absolute Gasteiger partial charge is 0.450 e. The number of nitrogens with zero attached hydrogens (tertiary/aromatic N) is 3. The summed E-state index contributed by atoms with van der Waals surface area (Å²) in [6.45, 7) is 8.44. The van der Waals surface area contributed by atoms with Crippen molar-refractivity contribution in [2.75, 3.05) is 52.4 Å². The summed E-state index contributed by atoms with van der Waals surface area (Å²) in [5, 5.41) is 3.90. The molecule has 2 amide bonds. The zero-order valence-electron chi connectivity index (χ0n) is 17.1. The van der Waals surface area contributed by atoms with Crippen LogP contribution in [0.25, 0.3) is 0 Å². The number of carbonyl (C=O) groups excluding carboxylic acids is 2. The summed E-state index contributed by atoms with van der Waals surface area (Å²) < 4.78 is 5.03. The number of carbonyl (C=O) groups is 2. The Bertz CT molecular complexity index is 686. The standard InChI is InChI=1S/C21H31ClN4O3/c1-2-29-21(28)26-8-6-19(7-9-26)23-20(27)16-25-12-10-24(11-13-25)15-17-4-3-5-18(22)14-17/h3-5,14,19H,2,6-13,15-16H2,1H3,(H,23,27). The van der Waals surface area contributed by atoms with Crippen LogP contribution in [-0.4, -0.2) is 85.2 Å². The number of ether oxygens (including phenoxy) is 1. The second-order valence-electron chi connectivity index (χ2n) is 7.71. The number of likely N-dealkylation sites (tertiary alicyclic amines) is 1. The monoisotopic (exact) mass is 422 g/mol. The summed E-state index contributed by atoms with van der Waals surface area (Å²) in [6, 6.07) is 8.11. The maximum atomic E-state index is 12.4. The van der Waals surface area contributed by atoms with E-state index in [1.807, 2.05) is 25.1 Å². The lowest BCUT2D eigenvalue weighted by atomic mass is 10.1. The van der Waals surface area contributed by atoms with Crippen molar-refractivity contribution < 1.29 is 14.3 Å². The Balaban J connectivity index is 1.33. The van der Waals surface area contributed by atoms with E-state index in [4.69, 9.17) is 16.3 Å². The van der Waals surface area contributed by atoms with Crippen LogP contribution in [0.4, 0.5) is 4.79 Å². The summed E-state index contributed by atoms with van der Waals surface area (Å²) in [5.41, 5.74) is 1.22. The first-order valence-electron chi connectivity index (χ1n) is 10.4. The van der Waals surface area contributed by atoms with Crippen LogP contribution in [0.15, 0.2) is 24.3 Å². The van der Waals surface area contributed by atoms with E-state index in [-0.39, 0.29) is 18.0 Å². The predicted octanol–water partition coefficient (Wildman–Crippen LogP) is 2.19. The van der Waals surface area contributed by atoms with Crippen LogP contribution < -0.4 is 5.32 Å². The molecule has 1 N–H and O–H groups in total. The molecule has 8 heteroatoms. The molecule has 2 saturated heterocycles. The van der Waals surface area contributed by atoms with E-state index in [1.54, 1.807) is 4.90 Å². The van der Waals surface area contributed by atoms with Gasteiger partial charge in [-0.15, -0.1) is 0 Å². The minimum atomic E-state index is -0.257. The summed E-state index contributed by atoms with van der Waals surface area (Å²) in [6.07, 6.45) is 1.29. The molecular formula is C21H31ClN4O3. The summed E-state index contributed by atoms with van der Waals surface area (Å²) >= 11 is 6.06. The molecular weight excluding hydrogens is 392 g/mol. The Morgan fingerprint density at radius 3 is 2.45 bits per heavy atom. The molecule has 29 heavy (non-hydrogen) atoms. The van der Waals surface area contributed by atoms with Gasteiger partial charge >= 0.3 is 6.09 Å². The number of halogens is 1. The molecule has 2 fully saturated rings. The van der Waals surface area contributed by atoms with Gasteiger partial charge in [-0.05, 0) is 37.5 Å². The number of hydrogen-bond donors (Lipinski definition) is 1. The molecule has 0 aromatic heterocycles. The minimum Gasteiger partial charge on any atom is -0.450 e. The summed E-state index contributed by atoms with van der Waals surface area (Å²) in [5.74, 6) is 0.0721. The van der Waals surface area contributed by atoms with Crippen molar-refractivity contribution in [3.63, 3.8) is 0 Å². The van der Waals surface area contributed by atoms with Crippen LogP contribution in [0.3, 0.4) is 0 Å². The molecule has 7 nitrogen and oxygen atoms in total. The topological polar surface area (TPSA) is 65.1 Å². The molecule has 0 saturated carbocycles. The summed E-state index contributed by atoms with van der Waals surface area (Å²) in [4.78, 5) is 30.5.